The second kappa shape index (κ2) is 12.4. The monoisotopic (exact) mass is 511 g/mol. The molecule has 5 rings (SSSR count). The van der Waals surface area contributed by atoms with E-state index in [0.717, 1.165) is 12.8 Å². The molecule has 0 spiro atoms. The number of carbonyl (C=O) groups is 1. The van der Waals surface area contributed by atoms with Gasteiger partial charge >= 0.3 is 0 Å². The molecule has 0 radical (unpaired) electrons. The van der Waals surface area contributed by atoms with Crippen molar-refractivity contribution in [3.05, 3.63) is 75.9 Å². The molecule has 0 bridgehead atoms. The molecular formula is C26H27ClFN5O3. The van der Waals surface area contributed by atoms with Crippen LogP contribution in [-0.4, -0.2) is 32.1 Å². The van der Waals surface area contributed by atoms with Gasteiger partial charge in [-0.15, -0.1) is 10.2 Å². The first kappa shape index (κ1) is 25.5. The third-order valence-corrected chi connectivity index (χ3v) is 6.27. The van der Waals surface area contributed by atoms with Crippen LogP contribution in [0.1, 0.15) is 50.8 Å². The zero-order valence-electron chi connectivity index (χ0n) is 19.7. The maximum atomic E-state index is 12.7. The average Bonchev–Trinajstić information content (AvgIpc) is 3.42. The summed E-state index contributed by atoms with van der Waals surface area (Å²) in [6, 6.07) is 11.9. The van der Waals surface area contributed by atoms with Crippen molar-refractivity contribution in [3.63, 3.8) is 0 Å². The van der Waals surface area contributed by atoms with Crippen LogP contribution < -0.4 is 10.9 Å². The van der Waals surface area contributed by atoms with Gasteiger partial charge in [0.2, 0.25) is 18.2 Å². The fraction of sp³-hybridized carbons (Fsp3) is 0.346. The quantitative estimate of drug-likeness (QED) is 0.366. The topological polar surface area (TPSA) is 114 Å². The van der Waals surface area contributed by atoms with Crippen LogP contribution in [0.4, 0.5) is 4.39 Å². The van der Waals surface area contributed by atoms with E-state index in [1.54, 1.807) is 6.07 Å². The molecule has 1 aliphatic carbocycles. The third-order valence-electron chi connectivity index (χ3n) is 5.98. The lowest BCUT2D eigenvalue weighted by atomic mass is 9.95. The van der Waals surface area contributed by atoms with Crippen LogP contribution in [0.5, 0.6) is 0 Å². The zero-order valence-corrected chi connectivity index (χ0v) is 20.4. The van der Waals surface area contributed by atoms with Gasteiger partial charge in [0.1, 0.15) is 11.6 Å². The van der Waals surface area contributed by atoms with E-state index >= 15 is 0 Å². The molecule has 0 unspecified atom stereocenters. The summed E-state index contributed by atoms with van der Waals surface area (Å²) in [4.78, 5) is 31.2. The molecule has 2 aromatic heterocycles. The van der Waals surface area contributed by atoms with Gasteiger partial charge in [0.05, 0.1) is 15.9 Å². The number of nitrogens with zero attached hydrogens (tertiary/aromatic N) is 3. The van der Waals surface area contributed by atoms with Gasteiger partial charge < -0.3 is 14.7 Å². The first-order valence-corrected chi connectivity index (χ1v) is 12.4. The Kier molecular flexibility index (Phi) is 8.78. The third kappa shape index (κ3) is 6.97. The van der Waals surface area contributed by atoms with Crippen LogP contribution in [0, 0.1) is 5.82 Å². The van der Waals surface area contributed by atoms with Crippen molar-refractivity contribution in [2.45, 2.75) is 57.4 Å². The van der Waals surface area contributed by atoms with Gasteiger partial charge in [-0.25, -0.2) is 9.37 Å². The van der Waals surface area contributed by atoms with Gasteiger partial charge in [0, 0.05) is 24.4 Å². The molecule has 2 N–H and O–H groups in total. The first-order valence-electron chi connectivity index (χ1n) is 12.0. The lowest BCUT2D eigenvalue weighted by Crippen LogP contribution is -2.36. The number of aromatic amines is 1. The Bertz CT molecular complexity index is 1350. The van der Waals surface area contributed by atoms with Crippen LogP contribution in [0.25, 0.3) is 22.4 Å². The maximum Gasteiger partial charge on any atom is 0.258 e. The summed E-state index contributed by atoms with van der Waals surface area (Å²) < 4.78 is 17.7. The highest BCUT2D eigenvalue weighted by Gasteiger charge is 2.15. The molecule has 2 heterocycles. The number of carbonyl (C=O) groups excluding carboxylic acids is 1. The van der Waals surface area contributed by atoms with Gasteiger partial charge in [-0.05, 0) is 49.6 Å². The van der Waals surface area contributed by atoms with Crippen LogP contribution >= 0.6 is 11.6 Å². The molecule has 1 saturated carbocycles. The minimum atomic E-state index is -0.468. The fourth-order valence-electron chi connectivity index (χ4n) is 4.14. The van der Waals surface area contributed by atoms with Gasteiger partial charge in [0.25, 0.3) is 5.56 Å². The standard InChI is InChI=1S/C18H23N3O2.C8H4ClFN2O/c22-17(19-13-7-2-1-3-8-13)12-6-11-16-20-15-10-5-4-9-14(15)18(23)21-16;9-6-3-5(1-2-7(6)10)8-12-11-4-13-8/h4-5,9-10,13H,1-3,6-8,11-12H2,(H,19,22)(H,20,21,23);1-4H. The molecule has 0 saturated heterocycles. The van der Waals surface area contributed by atoms with Crippen LogP contribution in [0.15, 0.2) is 58.1 Å². The summed E-state index contributed by atoms with van der Waals surface area (Å²) >= 11 is 5.57. The second-order valence-electron chi connectivity index (χ2n) is 8.66. The summed E-state index contributed by atoms with van der Waals surface area (Å²) in [6.45, 7) is 0. The minimum Gasteiger partial charge on any atom is -0.423 e. The first-order chi connectivity index (χ1) is 17.5. The van der Waals surface area contributed by atoms with E-state index in [2.05, 4.69) is 25.5 Å². The largest absolute Gasteiger partial charge is 0.423 e. The second-order valence-corrected chi connectivity index (χ2v) is 9.07. The summed E-state index contributed by atoms with van der Waals surface area (Å²) in [7, 11) is 0. The van der Waals surface area contributed by atoms with Crippen molar-refractivity contribution in [1.29, 1.82) is 0 Å². The van der Waals surface area contributed by atoms with E-state index in [-0.39, 0.29) is 16.5 Å². The molecule has 8 nitrogen and oxygen atoms in total. The number of H-pyrrole nitrogens is 1. The number of aryl methyl sites for hydroxylation is 1. The number of halogens is 2. The predicted molar refractivity (Wildman–Crippen MR) is 135 cm³/mol. The van der Waals surface area contributed by atoms with Gasteiger partial charge in [0.15, 0.2) is 0 Å². The molecule has 0 aliphatic heterocycles. The highest BCUT2D eigenvalue weighted by Crippen LogP contribution is 2.22. The van der Waals surface area contributed by atoms with E-state index in [1.807, 2.05) is 18.2 Å². The molecule has 4 aromatic rings. The van der Waals surface area contributed by atoms with Gasteiger partial charge in [-0.3, -0.25) is 9.59 Å². The number of amides is 1. The fourth-order valence-corrected chi connectivity index (χ4v) is 4.32. The Labute approximate surface area is 212 Å². The van der Waals surface area contributed by atoms with E-state index in [4.69, 9.17) is 16.0 Å². The van der Waals surface area contributed by atoms with Crippen molar-refractivity contribution < 1.29 is 13.6 Å². The van der Waals surface area contributed by atoms with E-state index in [0.29, 0.717) is 53.5 Å². The Hall–Kier alpha value is -3.59. The van der Waals surface area contributed by atoms with Crippen molar-refractivity contribution in [3.8, 4) is 11.5 Å². The normalized spacial score (nSPS) is 13.7. The zero-order chi connectivity index (χ0) is 25.3. The molecule has 1 fully saturated rings. The number of rotatable bonds is 6. The van der Waals surface area contributed by atoms with E-state index in [1.165, 1.54) is 43.9 Å². The van der Waals surface area contributed by atoms with Gasteiger partial charge in [-0.1, -0.05) is 43.0 Å². The molecular weight excluding hydrogens is 485 g/mol. The lowest BCUT2D eigenvalue weighted by Gasteiger charge is -2.22. The molecule has 1 amide bonds. The Morgan fingerprint density at radius 1 is 1.17 bits per heavy atom. The maximum absolute atomic E-state index is 12.7. The molecule has 1 aliphatic rings. The summed E-state index contributed by atoms with van der Waals surface area (Å²) in [5.74, 6) is 0.617. The van der Waals surface area contributed by atoms with Crippen LogP contribution in [0.3, 0.4) is 0 Å². The Morgan fingerprint density at radius 2 is 1.97 bits per heavy atom. The molecule has 10 heteroatoms. The van der Waals surface area contributed by atoms with Gasteiger partial charge in [-0.2, -0.15) is 0 Å². The van der Waals surface area contributed by atoms with Crippen molar-refractivity contribution >= 4 is 28.4 Å². The molecule has 0 atom stereocenters. The number of aromatic nitrogens is 4. The summed E-state index contributed by atoms with van der Waals surface area (Å²) in [5.41, 5.74) is 1.19. The molecule has 36 heavy (non-hydrogen) atoms. The van der Waals surface area contributed by atoms with Crippen molar-refractivity contribution in [1.82, 2.24) is 25.5 Å². The number of benzene rings is 2. The SMILES string of the molecule is Fc1ccc(-c2nnco2)cc1Cl.O=C(CCCc1nc2ccccc2c(=O)[nH]1)NC1CCCCC1. The predicted octanol–water partition coefficient (Wildman–Crippen LogP) is 5.22. The average molecular weight is 512 g/mol. The van der Waals surface area contributed by atoms with E-state index in [9.17, 15) is 14.0 Å². The van der Waals surface area contributed by atoms with Crippen LogP contribution in [-0.2, 0) is 11.2 Å². The molecule has 2 aromatic carbocycles. The number of para-hydroxylation sites is 1. The number of nitrogens with one attached hydrogen (secondary N) is 2. The summed E-state index contributed by atoms with van der Waals surface area (Å²) in [6.07, 6.45) is 8.90. The smallest absolute Gasteiger partial charge is 0.258 e. The van der Waals surface area contributed by atoms with Crippen LogP contribution in [0.2, 0.25) is 5.02 Å². The Morgan fingerprint density at radius 3 is 2.72 bits per heavy atom. The van der Waals surface area contributed by atoms with E-state index < -0.39 is 5.82 Å². The highest BCUT2D eigenvalue weighted by molar-refractivity contribution is 6.31. The highest BCUT2D eigenvalue weighted by atomic mass is 35.5. The number of hydrogen-bond donors (Lipinski definition) is 2. The van der Waals surface area contributed by atoms with Crippen molar-refractivity contribution in [2.24, 2.45) is 0 Å². The van der Waals surface area contributed by atoms with Crippen molar-refractivity contribution in [2.75, 3.05) is 0 Å². The number of hydrogen-bond acceptors (Lipinski definition) is 6. The lowest BCUT2D eigenvalue weighted by molar-refractivity contribution is -0.122. The minimum absolute atomic E-state index is 0.0377. The summed E-state index contributed by atoms with van der Waals surface area (Å²) in [5, 5.41) is 10.9. The molecule has 188 valence electrons. The Balaban J connectivity index is 0.000000197. The number of fused-ring (bicyclic) bond motifs is 1.